The number of carbonyl (C=O) groups excluding carboxylic acids is 2. The van der Waals surface area contributed by atoms with E-state index < -0.39 is 38.9 Å². The van der Waals surface area contributed by atoms with Crippen LogP contribution in [0.1, 0.15) is 60.8 Å². The molecule has 1 saturated carbocycles. The van der Waals surface area contributed by atoms with E-state index >= 15 is 0 Å². The Labute approximate surface area is 215 Å². The highest BCUT2D eigenvalue weighted by Gasteiger charge is 2.45. The molecule has 12 nitrogen and oxygen atoms in total. The number of hydroxylamine groups is 2. The quantitative estimate of drug-likeness (QED) is 0.164. The van der Waals surface area contributed by atoms with Crippen molar-refractivity contribution >= 4 is 28.0 Å². The molecule has 2 amide bonds. The second kappa shape index (κ2) is 13.4. The largest absolute Gasteiger partial charge is 0.444 e. The number of ether oxygens (including phenoxy) is 2. The second-order valence-corrected chi connectivity index (χ2v) is 12.3. The molecule has 0 aromatic heterocycles. The Kier molecular flexibility index (Phi) is 11.9. The zero-order chi connectivity index (χ0) is 27.8. The summed E-state index contributed by atoms with van der Waals surface area (Å²) in [5.41, 5.74) is 5.17. The summed E-state index contributed by atoms with van der Waals surface area (Å²) in [5.74, 6) is -0.858. The monoisotopic (exact) mass is 535 g/mol. The van der Waals surface area contributed by atoms with E-state index in [1.165, 1.54) is 14.2 Å². The van der Waals surface area contributed by atoms with E-state index in [4.69, 9.17) is 20.0 Å². The first-order valence-electron chi connectivity index (χ1n) is 12.2. The number of carbonyl (C=O) groups is 2. The zero-order valence-corrected chi connectivity index (χ0v) is 23.8. The minimum atomic E-state index is -3.77. The fourth-order valence-electron chi connectivity index (χ4n) is 4.53. The predicted octanol–water partition coefficient (Wildman–Crippen LogP) is 1.61. The molecule has 36 heavy (non-hydrogen) atoms. The number of sulfonamides is 1. The highest BCUT2D eigenvalue weighted by molar-refractivity contribution is 7.90. The molecular formula is C23H45N5O7S. The molecule has 1 rings (SSSR count). The van der Waals surface area contributed by atoms with Gasteiger partial charge >= 0.3 is 6.09 Å². The number of alkyl carbamates (subject to hydrolysis) is 1. The normalized spacial score (nSPS) is 26.1. The third kappa shape index (κ3) is 9.40. The van der Waals surface area contributed by atoms with Crippen LogP contribution in [-0.4, -0.2) is 82.2 Å². The summed E-state index contributed by atoms with van der Waals surface area (Å²) in [5, 5.41) is 2.93. The van der Waals surface area contributed by atoms with Gasteiger partial charge in [0.1, 0.15) is 11.6 Å². The van der Waals surface area contributed by atoms with Gasteiger partial charge in [-0.05, 0) is 57.8 Å². The van der Waals surface area contributed by atoms with Gasteiger partial charge < -0.3 is 20.5 Å². The molecule has 6 unspecified atom stereocenters. The molecule has 4 N–H and O–H groups in total. The van der Waals surface area contributed by atoms with E-state index in [-0.39, 0.29) is 42.8 Å². The number of nitrogens with two attached hydrogens (primary N) is 1. The third-order valence-corrected chi connectivity index (χ3v) is 8.62. The molecule has 0 heterocycles. The Morgan fingerprint density at radius 1 is 1.17 bits per heavy atom. The second-order valence-electron chi connectivity index (χ2n) is 10.4. The molecule has 0 saturated heterocycles. The van der Waals surface area contributed by atoms with Gasteiger partial charge in [0.2, 0.25) is 16.0 Å². The number of methoxy groups -OCH3 is 1. The van der Waals surface area contributed by atoms with E-state index in [2.05, 4.69) is 15.0 Å². The molecule has 0 aromatic carbocycles. The lowest BCUT2D eigenvalue weighted by Gasteiger charge is -2.42. The Morgan fingerprint density at radius 2 is 1.78 bits per heavy atom. The molecular weight excluding hydrogens is 490 g/mol. The number of hydrogen-bond donors (Lipinski definition) is 3. The molecule has 0 bridgehead atoms. The average Bonchev–Trinajstić information content (AvgIpc) is 2.75. The van der Waals surface area contributed by atoms with Gasteiger partial charge in [0, 0.05) is 20.7 Å². The first-order chi connectivity index (χ1) is 16.5. The van der Waals surface area contributed by atoms with Gasteiger partial charge in [0.05, 0.1) is 18.5 Å². The zero-order valence-electron chi connectivity index (χ0n) is 23.0. The maximum absolute atomic E-state index is 13.1. The van der Waals surface area contributed by atoms with Crippen LogP contribution in [-0.2, 0) is 29.1 Å². The van der Waals surface area contributed by atoms with Gasteiger partial charge in [-0.1, -0.05) is 20.8 Å². The van der Waals surface area contributed by atoms with Crippen LogP contribution in [0.3, 0.4) is 0 Å². The van der Waals surface area contributed by atoms with Gasteiger partial charge in [-0.25, -0.2) is 18.3 Å². The minimum absolute atomic E-state index is 0.00885. The number of rotatable bonds is 10. The summed E-state index contributed by atoms with van der Waals surface area (Å²) in [4.78, 5) is 33.8. The highest BCUT2D eigenvalue weighted by atomic mass is 32.2. The van der Waals surface area contributed by atoms with Crippen molar-refractivity contribution in [2.24, 2.45) is 28.5 Å². The van der Waals surface area contributed by atoms with Crippen molar-refractivity contribution in [1.82, 2.24) is 15.1 Å². The van der Waals surface area contributed by atoms with E-state index in [9.17, 15) is 18.0 Å². The SMILES string of the molecule is COC1CC(C)C(S(=O)(=O)NC(N)=NCCCC(NC(=O)OC(C)(C)C)C(=O)N(C)OC)C(C)C1C. The van der Waals surface area contributed by atoms with Crippen LogP contribution < -0.4 is 15.8 Å². The van der Waals surface area contributed by atoms with Crippen LogP contribution in [0.15, 0.2) is 4.99 Å². The number of nitrogens with zero attached hydrogens (tertiary/aromatic N) is 2. The molecule has 0 spiro atoms. The van der Waals surface area contributed by atoms with E-state index in [0.29, 0.717) is 12.8 Å². The Hall–Kier alpha value is -2.12. The van der Waals surface area contributed by atoms with Crippen molar-refractivity contribution in [3.8, 4) is 0 Å². The van der Waals surface area contributed by atoms with Crippen molar-refractivity contribution in [2.45, 2.75) is 83.8 Å². The molecule has 1 fully saturated rings. The predicted molar refractivity (Wildman–Crippen MR) is 137 cm³/mol. The van der Waals surface area contributed by atoms with E-state index in [0.717, 1.165) is 5.06 Å². The Morgan fingerprint density at radius 3 is 2.31 bits per heavy atom. The van der Waals surface area contributed by atoms with Gasteiger partial charge in [0.25, 0.3) is 5.91 Å². The third-order valence-electron chi connectivity index (χ3n) is 6.51. The highest BCUT2D eigenvalue weighted by Crippen LogP contribution is 2.38. The van der Waals surface area contributed by atoms with Crippen LogP contribution >= 0.6 is 0 Å². The van der Waals surface area contributed by atoms with Crippen molar-refractivity contribution < 1.29 is 32.3 Å². The summed E-state index contributed by atoms with van der Waals surface area (Å²) in [7, 11) is 0.641. The number of guanidine groups is 1. The lowest BCUT2D eigenvalue weighted by molar-refractivity contribution is -0.171. The van der Waals surface area contributed by atoms with E-state index in [1.54, 1.807) is 27.9 Å². The molecule has 0 aromatic rings. The number of aliphatic imine (C=N–C) groups is 1. The topological polar surface area (TPSA) is 162 Å². The van der Waals surface area contributed by atoms with E-state index in [1.807, 2.05) is 20.8 Å². The van der Waals surface area contributed by atoms with Gasteiger partial charge in [-0.15, -0.1) is 0 Å². The van der Waals surface area contributed by atoms with Crippen LogP contribution in [0, 0.1) is 17.8 Å². The van der Waals surface area contributed by atoms with Gasteiger partial charge in [0.15, 0.2) is 0 Å². The standard InChI is InChI=1S/C23H45N5O7S/c1-14-13-18(33-8)15(2)16(3)19(14)36(31,32)27-21(24)25-12-10-11-17(20(29)28(7)34-9)26-22(30)35-23(4,5)6/h14-19H,10-13H2,1-9H3,(H,26,30)(H3,24,25,27). The van der Waals surface area contributed by atoms with Crippen LogP contribution in [0.4, 0.5) is 4.79 Å². The lowest BCUT2D eigenvalue weighted by Crippen LogP contribution is -2.53. The van der Waals surface area contributed by atoms with Crippen molar-refractivity contribution in [2.75, 3.05) is 27.8 Å². The molecule has 13 heteroatoms. The number of nitrogens with one attached hydrogen (secondary N) is 2. The Balaban J connectivity index is 2.78. The number of hydrogen-bond acceptors (Lipinski definition) is 8. The number of likely N-dealkylation sites (N-methyl/N-ethyl adjacent to an activating group) is 1. The van der Waals surface area contributed by atoms with Gasteiger partial charge in [-0.3, -0.25) is 19.3 Å². The Bertz CT molecular complexity index is 875. The first-order valence-corrected chi connectivity index (χ1v) is 13.7. The molecule has 1 aliphatic rings. The van der Waals surface area contributed by atoms with Crippen LogP contribution in [0.5, 0.6) is 0 Å². The average molecular weight is 536 g/mol. The van der Waals surface area contributed by atoms with Crippen LogP contribution in [0.25, 0.3) is 0 Å². The summed E-state index contributed by atoms with van der Waals surface area (Å²) < 4.78 is 39.4. The number of amides is 2. The van der Waals surface area contributed by atoms with Crippen molar-refractivity contribution in [3.05, 3.63) is 0 Å². The summed E-state index contributed by atoms with van der Waals surface area (Å²) >= 11 is 0. The molecule has 1 aliphatic carbocycles. The maximum Gasteiger partial charge on any atom is 0.408 e. The van der Waals surface area contributed by atoms with Gasteiger partial charge in [-0.2, -0.15) is 0 Å². The first kappa shape index (κ1) is 31.9. The van der Waals surface area contributed by atoms with Crippen LogP contribution in [0.2, 0.25) is 0 Å². The maximum atomic E-state index is 13.1. The summed E-state index contributed by atoms with van der Waals surface area (Å²) in [6.45, 7) is 11.1. The molecule has 0 aliphatic heterocycles. The minimum Gasteiger partial charge on any atom is -0.444 e. The van der Waals surface area contributed by atoms with Crippen molar-refractivity contribution in [1.29, 1.82) is 0 Å². The fraction of sp³-hybridized carbons (Fsp3) is 0.870. The van der Waals surface area contributed by atoms with Crippen molar-refractivity contribution in [3.63, 3.8) is 0 Å². The molecule has 6 atom stereocenters. The molecule has 0 radical (unpaired) electrons. The molecule has 210 valence electrons. The lowest BCUT2D eigenvalue weighted by atomic mass is 9.74. The summed E-state index contributed by atoms with van der Waals surface area (Å²) in [6, 6.07) is -0.919. The smallest absolute Gasteiger partial charge is 0.408 e. The fourth-order valence-corrected chi connectivity index (χ4v) is 6.56. The summed E-state index contributed by atoms with van der Waals surface area (Å²) in [6.07, 6.45) is 0.466.